The molecule has 0 aromatic carbocycles. The van der Waals surface area contributed by atoms with E-state index in [9.17, 15) is 28.8 Å². The minimum absolute atomic E-state index is 0.186. The van der Waals surface area contributed by atoms with Crippen LogP contribution in [-0.4, -0.2) is 64.8 Å². The van der Waals surface area contributed by atoms with Gasteiger partial charge >= 0.3 is 5.97 Å². The minimum Gasteiger partial charge on any atom is -0.480 e. The molecule has 0 aliphatic heterocycles. The molecule has 0 bridgehead atoms. The van der Waals surface area contributed by atoms with Gasteiger partial charge in [-0.1, -0.05) is 13.8 Å². The number of carbonyl (C=O) groups is 6. The number of rotatable bonds is 13. The molecule has 170 valence electrons. The second kappa shape index (κ2) is 12.4. The third-order valence-electron chi connectivity index (χ3n) is 4.05. The Kier molecular flexibility index (Phi) is 11.0. The predicted molar refractivity (Wildman–Crippen MR) is 104 cm³/mol. The molecule has 0 saturated heterocycles. The lowest BCUT2D eigenvalue weighted by atomic mass is 10.0. The molecular formula is C17H30N6O7. The quantitative estimate of drug-likeness (QED) is 0.155. The lowest BCUT2D eigenvalue weighted by Gasteiger charge is -2.24. The van der Waals surface area contributed by atoms with E-state index in [1.165, 1.54) is 6.92 Å². The summed E-state index contributed by atoms with van der Waals surface area (Å²) in [6.07, 6.45) is -0.896. The number of amides is 5. The largest absolute Gasteiger partial charge is 0.480 e. The van der Waals surface area contributed by atoms with Gasteiger partial charge in [0.25, 0.3) is 0 Å². The summed E-state index contributed by atoms with van der Waals surface area (Å²) < 4.78 is 0. The molecule has 0 spiro atoms. The summed E-state index contributed by atoms with van der Waals surface area (Å²) >= 11 is 0. The Morgan fingerprint density at radius 1 is 0.833 bits per heavy atom. The van der Waals surface area contributed by atoms with E-state index >= 15 is 0 Å². The highest BCUT2D eigenvalue weighted by molar-refractivity contribution is 5.95. The van der Waals surface area contributed by atoms with E-state index < -0.39 is 72.0 Å². The number of carboxylic acids is 1. The van der Waals surface area contributed by atoms with Crippen LogP contribution in [0.2, 0.25) is 0 Å². The number of nitrogens with one attached hydrogen (secondary N) is 3. The zero-order chi connectivity index (χ0) is 23.6. The van der Waals surface area contributed by atoms with Crippen molar-refractivity contribution in [2.24, 2.45) is 23.1 Å². The normalized spacial score (nSPS) is 14.7. The van der Waals surface area contributed by atoms with Gasteiger partial charge in [0, 0.05) is 6.42 Å². The molecule has 0 saturated carbocycles. The second-order valence-corrected chi connectivity index (χ2v) is 7.14. The van der Waals surface area contributed by atoms with Gasteiger partial charge in [0.1, 0.15) is 18.1 Å². The predicted octanol–water partition coefficient (Wildman–Crippen LogP) is -3.33. The fourth-order valence-corrected chi connectivity index (χ4v) is 2.31. The van der Waals surface area contributed by atoms with Crippen molar-refractivity contribution in [3.05, 3.63) is 0 Å². The summed E-state index contributed by atoms with van der Waals surface area (Å²) in [5, 5.41) is 16.1. The van der Waals surface area contributed by atoms with Gasteiger partial charge in [-0.15, -0.1) is 0 Å². The Labute approximate surface area is 173 Å². The average molecular weight is 430 g/mol. The standard InChI is InChI=1S/C17H30N6O7/c1-7(2)13(17(29)30)23-14(26)8(3)21-16(28)10(4-5-11(19)24)22-15(27)9(18)6-12(20)25/h7-10,13H,4-6,18H2,1-3H3,(H2,19,24)(H2,20,25)(H,21,28)(H,22,27)(H,23,26)(H,29,30). The number of carboxylic acid groups (broad SMARTS) is 1. The lowest BCUT2D eigenvalue weighted by molar-refractivity contribution is -0.143. The molecule has 0 radical (unpaired) electrons. The Bertz CT molecular complexity index is 682. The van der Waals surface area contributed by atoms with E-state index in [0.29, 0.717) is 0 Å². The Morgan fingerprint density at radius 2 is 1.40 bits per heavy atom. The summed E-state index contributed by atoms with van der Waals surface area (Å²) in [5.74, 6) is -5.61. The zero-order valence-corrected chi connectivity index (χ0v) is 17.1. The van der Waals surface area contributed by atoms with Crippen molar-refractivity contribution < 1.29 is 33.9 Å². The summed E-state index contributed by atoms with van der Waals surface area (Å²) in [6.45, 7) is 4.53. The molecule has 0 rings (SSSR count). The van der Waals surface area contributed by atoms with E-state index in [1.807, 2.05) is 0 Å². The Hall–Kier alpha value is -3.22. The number of nitrogens with two attached hydrogens (primary N) is 3. The molecule has 0 aromatic rings. The molecule has 0 aliphatic rings. The van der Waals surface area contributed by atoms with Crippen LogP contribution in [0.15, 0.2) is 0 Å². The lowest BCUT2D eigenvalue weighted by Crippen LogP contribution is -2.57. The van der Waals surface area contributed by atoms with Crippen molar-refractivity contribution in [2.45, 2.75) is 64.2 Å². The fraction of sp³-hybridized carbons (Fsp3) is 0.647. The topological polar surface area (TPSA) is 237 Å². The number of aliphatic carboxylic acids is 1. The Morgan fingerprint density at radius 3 is 1.83 bits per heavy atom. The van der Waals surface area contributed by atoms with E-state index in [1.54, 1.807) is 13.8 Å². The van der Waals surface area contributed by atoms with Gasteiger partial charge < -0.3 is 38.3 Å². The highest BCUT2D eigenvalue weighted by Gasteiger charge is 2.29. The van der Waals surface area contributed by atoms with Crippen molar-refractivity contribution in [1.29, 1.82) is 0 Å². The van der Waals surface area contributed by atoms with Gasteiger partial charge in [0.05, 0.1) is 12.5 Å². The third kappa shape index (κ3) is 9.82. The zero-order valence-electron chi connectivity index (χ0n) is 17.1. The summed E-state index contributed by atoms with van der Waals surface area (Å²) in [4.78, 5) is 69.9. The molecule has 5 amide bonds. The highest BCUT2D eigenvalue weighted by atomic mass is 16.4. The van der Waals surface area contributed by atoms with Crippen molar-refractivity contribution >= 4 is 35.5 Å². The smallest absolute Gasteiger partial charge is 0.326 e. The van der Waals surface area contributed by atoms with E-state index in [-0.39, 0.29) is 12.8 Å². The molecule has 4 atom stereocenters. The Balaban J connectivity index is 5.15. The molecule has 13 heteroatoms. The highest BCUT2D eigenvalue weighted by Crippen LogP contribution is 2.03. The maximum atomic E-state index is 12.5. The van der Waals surface area contributed by atoms with Crippen LogP contribution < -0.4 is 33.2 Å². The summed E-state index contributed by atoms with van der Waals surface area (Å²) in [7, 11) is 0. The average Bonchev–Trinajstić information content (AvgIpc) is 2.60. The van der Waals surface area contributed by atoms with E-state index in [0.717, 1.165) is 0 Å². The van der Waals surface area contributed by atoms with Crippen molar-refractivity contribution in [1.82, 2.24) is 16.0 Å². The van der Waals surface area contributed by atoms with Gasteiger partial charge in [-0.2, -0.15) is 0 Å². The molecule has 4 unspecified atom stereocenters. The van der Waals surface area contributed by atoms with Crippen LogP contribution in [-0.2, 0) is 28.8 Å². The molecule has 0 aromatic heterocycles. The van der Waals surface area contributed by atoms with Crippen LogP contribution in [0.4, 0.5) is 0 Å². The first-order valence-electron chi connectivity index (χ1n) is 9.22. The second-order valence-electron chi connectivity index (χ2n) is 7.14. The van der Waals surface area contributed by atoms with E-state index in [4.69, 9.17) is 22.3 Å². The SMILES string of the molecule is CC(NC(=O)C(CCC(N)=O)NC(=O)C(N)CC(N)=O)C(=O)NC(C(=O)O)C(C)C. The van der Waals surface area contributed by atoms with Gasteiger partial charge in [0.15, 0.2) is 0 Å². The van der Waals surface area contributed by atoms with Crippen LogP contribution in [0.5, 0.6) is 0 Å². The molecule has 13 nitrogen and oxygen atoms in total. The minimum atomic E-state index is -1.31. The maximum absolute atomic E-state index is 12.5. The number of carbonyl (C=O) groups excluding carboxylic acids is 5. The third-order valence-corrected chi connectivity index (χ3v) is 4.05. The molecule has 30 heavy (non-hydrogen) atoms. The monoisotopic (exact) mass is 430 g/mol. The van der Waals surface area contributed by atoms with Gasteiger partial charge in [0.2, 0.25) is 29.5 Å². The molecule has 10 N–H and O–H groups in total. The number of hydrogen-bond acceptors (Lipinski definition) is 7. The van der Waals surface area contributed by atoms with Crippen LogP contribution in [0, 0.1) is 5.92 Å². The summed E-state index contributed by atoms with van der Waals surface area (Å²) in [5.41, 5.74) is 15.6. The van der Waals surface area contributed by atoms with Gasteiger partial charge in [-0.3, -0.25) is 24.0 Å². The molecule has 0 fully saturated rings. The van der Waals surface area contributed by atoms with Gasteiger partial charge in [-0.25, -0.2) is 4.79 Å². The number of hydrogen-bond donors (Lipinski definition) is 7. The number of primary amides is 2. The van der Waals surface area contributed by atoms with Crippen molar-refractivity contribution in [2.75, 3.05) is 0 Å². The van der Waals surface area contributed by atoms with E-state index in [2.05, 4.69) is 16.0 Å². The van der Waals surface area contributed by atoms with Crippen molar-refractivity contribution in [3.8, 4) is 0 Å². The molecule has 0 aliphatic carbocycles. The maximum Gasteiger partial charge on any atom is 0.326 e. The summed E-state index contributed by atoms with van der Waals surface area (Å²) in [6, 6.07) is -4.90. The van der Waals surface area contributed by atoms with Gasteiger partial charge in [-0.05, 0) is 19.3 Å². The molecule has 0 heterocycles. The first kappa shape index (κ1) is 26.8. The molecular weight excluding hydrogens is 400 g/mol. The van der Waals surface area contributed by atoms with Crippen LogP contribution in [0.25, 0.3) is 0 Å². The fourth-order valence-electron chi connectivity index (χ4n) is 2.31. The van der Waals surface area contributed by atoms with Crippen LogP contribution in [0.3, 0.4) is 0 Å². The van der Waals surface area contributed by atoms with Crippen LogP contribution in [0.1, 0.15) is 40.0 Å². The first-order chi connectivity index (χ1) is 13.8. The van der Waals surface area contributed by atoms with Crippen LogP contribution >= 0.6 is 0 Å². The first-order valence-corrected chi connectivity index (χ1v) is 9.22. The van der Waals surface area contributed by atoms with Crippen molar-refractivity contribution in [3.63, 3.8) is 0 Å².